The lowest BCUT2D eigenvalue weighted by Crippen LogP contribution is -2.41. The number of methoxy groups -OCH3 is 1. The third kappa shape index (κ3) is 3.30. The van der Waals surface area contributed by atoms with Crippen LogP contribution < -0.4 is 10.6 Å². The zero-order valence-corrected chi connectivity index (χ0v) is 10.8. The highest BCUT2D eigenvalue weighted by Crippen LogP contribution is 2.09. The highest BCUT2D eigenvalue weighted by molar-refractivity contribution is 5.82. The summed E-state index contributed by atoms with van der Waals surface area (Å²) in [5.74, 6) is 0.0402. The van der Waals surface area contributed by atoms with Crippen molar-refractivity contribution in [1.29, 1.82) is 0 Å². The van der Waals surface area contributed by atoms with Gasteiger partial charge in [-0.1, -0.05) is 0 Å². The van der Waals surface area contributed by atoms with Crippen LogP contribution in [0.5, 0.6) is 0 Å². The first-order chi connectivity index (χ1) is 8.69. The molecule has 0 spiro atoms. The molecule has 100 valence electrons. The Bertz CT molecular complexity index is 405. The van der Waals surface area contributed by atoms with Gasteiger partial charge in [0.05, 0.1) is 24.9 Å². The van der Waals surface area contributed by atoms with E-state index in [0.29, 0.717) is 13.1 Å². The minimum Gasteiger partial charge on any atom is -0.380 e. The number of hydrogen-bond donors (Lipinski definition) is 2. The second-order valence-electron chi connectivity index (χ2n) is 4.63. The molecular weight excluding hydrogens is 232 g/mol. The van der Waals surface area contributed by atoms with E-state index in [9.17, 15) is 4.79 Å². The van der Waals surface area contributed by atoms with Crippen LogP contribution in [-0.4, -0.2) is 48.0 Å². The molecule has 2 rings (SSSR count). The Labute approximate surface area is 107 Å². The molecule has 18 heavy (non-hydrogen) atoms. The molecule has 1 aliphatic rings. The zero-order valence-electron chi connectivity index (χ0n) is 10.8. The van der Waals surface area contributed by atoms with Gasteiger partial charge in [0.15, 0.2) is 0 Å². The minimum atomic E-state index is -0.130. The van der Waals surface area contributed by atoms with Crippen LogP contribution in [0.25, 0.3) is 0 Å². The van der Waals surface area contributed by atoms with Crippen molar-refractivity contribution in [1.82, 2.24) is 20.4 Å². The number of hydrogen-bond acceptors (Lipinski definition) is 4. The van der Waals surface area contributed by atoms with E-state index in [2.05, 4.69) is 15.7 Å². The second-order valence-corrected chi connectivity index (χ2v) is 4.63. The van der Waals surface area contributed by atoms with Crippen molar-refractivity contribution in [3.05, 3.63) is 18.0 Å². The van der Waals surface area contributed by atoms with Gasteiger partial charge in [0.1, 0.15) is 0 Å². The minimum absolute atomic E-state index is 0.0402. The maximum absolute atomic E-state index is 11.8. The van der Waals surface area contributed by atoms with Gasteiger partial charge in [0.25, 0.3) is 0 Å². The first-order valence-electron chi connectivity index (χ1n) is 6.22. The number of nitrogens with one attached hydrogen (secondary N) is 2. The van der Waals surface area contributed by atoms with Crippen LogP contribution in [0.4, 0.5) is 0 Å². The van der Waals surface area contributed by atoms with Crippen molar-refractivity contribution in [2.24, 2.45) is 0 Å². The van der Waals surface area contributed by atoms with Gasteiger partial charge in [0, 0.05) is 26.4 Å². The number of carbonyl (C=O) groups excluding carboxylic acids is 1. The predicted molar refractivity (Wildman–Crippen MR) is 67.2 cm³/mol. The largest absolute Gasteiger partial charge is 0.380 e. The Morgan fingerprint density at radius 2 is 2.56 bits per heavy atom. The van der Waals surface area contributed by atoms with Crippen molar-refractivity contribution >= 4 is 5.91 Å². The van der Waals surface area contributed by atoms with Crippen molar-refractivity contribution < 1.29 is 9.53 Å². The molecule has 0 radical (unpaired) electrons. The van der Waals surface area contributed by atoms with Gasteiger partial charge in [-0.2, -0.15) is 5.10 Å². The van der Waals surface area contributed by atoms with E-state index in [-0.39, 0.29) is 18.1 Å². The lowest BCUT2D eigenvalue weighted by Gasteiger charge is -2.11. The summed E-state index contributed by atoms with van der Waals surface area (Å²) in [4.78, 5) is 11.8. The average Bonchev–Trinajstić information content (AvgIpc) is 2.98. The fraction of sp³-hybridized carbons (Fsp3) is 0.667. The van der Waals surface area contributed by atoms with Crippen LogP contribution in [0.2, 0.25) is 0 Å². The van der Waals surface area contributed by atoms with Crippen LogP contribution in [0.3, 0.4) is 0 Å². The fourth-order valence-corrected chi connectivity index (χ4v) is 2.09. The van der Waals surface area contributed by atoms with Gasteiger partial charge in [-0.25, -0.2) is 0 Å². The van der Waals surface area contributed by atoms with Gasteiger partial charge >= 0.3 is 0 Å². The Morgan fingerprint density at radius 1 is 1.72 bits per heavy atom. The van der Waals surface area contributed by atoms with Crippen LogP contribution in [0.15, 0.2) is 12.4 Å². The summed E-state index contributed by atoms with van der Waals surface area (Å²) in [5, 5.41) is 10.2. The van der Waals surface area contributed by atoms with Gasteiger partial charge in [-0.15, -0.1) is 0 Å². The molecule has 1 amide bonds. The van der Waals surface area contributed by atoms with Gasteiger partial charge in [-0.3, -0.25) is 9.48 Å². The van der Waals surface area contributed by atoms with E-state index in [0.717, 1.165) is 18.5 Å². The molecule has 2 unspecified atom stereocenters. The molecule has 2 N–H and O–H groups in total. The second kappa shape index (κ2) is 5.97. The summed E-state index contributed by atoms with van der Waals surface area (Å²) in [6.07, 6.45) is 4.66. The molecule has 0 aromatic carbocycles. The third-order valence-corrected chi connectivity index (χ3v) is 3.14. The van der Waals surface area contributed by atoms with Crippen LogP contribution in [0.1, 0.15) is 12.0 Å². The quantitative estimate of drug-likeness (QED) is 0.754. The van der Waals surface area contributed by atoms with E-state index >= 15 is 0 Å². The first-order valence-corrected chi connectivity index (χ1v) is 6.22. The standard InChI is InChI=1S/C12H20N4O2/c1-9-6-15-16(8-9)4-3-13-12(17)11-5-10(18-2)7-14-11/h6,8,10-11,14H,3-5,7H2,1-2H3,(H,13,17). The Morgan fingerprint density at radius 3 is 3.17 bits per heavy atom. The molecule has 1 saturated heterocycles. The van der Waals surface area contributed by atoms with Crippen LogP contribution in [0, 0.1) is 6.92 Å². The lowest BCUT2D eigenvalue weighted by atomic mass is 10.2. The summed E-state index contributed by atoms with van der Waals surface area (Å²) in [5.41, 5.74) is 1.13. The van der Waals surface area contributed by atoms with Gasteiger partial charge in [0.2, 0.25) is 5.91 Å². The summed E-state index contributed by atoms with van der Waals surface area (Å²) >= 11 is 0. The molecule has 6 nitrogen and oxygen atoms in total. The summed E-state index contributed by atoms with van der Waals surface area (Å²) in [6.45, 7) is 4.03. The van der Waals surface area contributed by atoms with Crippen molar-refractivity contribution in [3.8, 4) is 0 Å². The average molecular weight is 252 g/mol. The molecule has 0 bridgehead atoms. The Hall–Kier alpha value is -1.40. The van der Waals surface area contributed by atoms with Crippen molar-refractivity contribution in [3.63, 3.8) is 0 Å². The number of nitrogens with zero attached hydrogens (tertiary/aromatic N) is 2. The maximum atomic E-state index is 11.8. The Balaban J connectivity index is 1.69. The number of carbonyl (C=O) groups is 1. The SMILES string of the molecule is COC1CNC(C(=O)NCCn2cc(C)cn2)C1. The van der Waals surface area contributed by atoms with E-state index in [1.807, 2.05) is 24.0 Å². The van der Waals surface area contributed by atoms with Crippen molar-refractivity contribution in [2.75, 3.05) is 20.2 Å². The predicted octanol–water partition coefficient (Wildman–Crippen LogP) is -0.315. The van der Waals surface area contributed by atoms with E-state index in [4.69, 9.17) is 4.74 Å². The molecule has 1 aromatic rings. The zero-order chi connectivity index (χ0) is 13.0. The smallest absolute Gasteiger partial charge is 0.237 e. The van der Waals surface area contributed by atoms with Crippen LogP contribution in [-0.2, 0) is 16.1 Å². The normalized spacial score (nSPS) is 23.2. The molecule has 0 aliphatic carbocycles. The molecular formula is C12H20N4O2. The molecule has 1 fully saturated rings. The van der Waals surface area contributed by atoms with E-state index in [1.54, 1.807) is 7.11 Å². The summed E-state index contributed by atoms with van der Waals surface area (Å²) in [7, 11) is 1.67. The van der Waals surface area contributed by atoms with E-state index in [1.165, 1.54) is 0 Å². The van der Waals surface area contributed by atoms with Gasteiger partial charge in [-0.05, 0) is 18.9 Å². The summed E-state index contributed by atoms with van der Waals surface area (Å²) < 4.78 is 7.04. The molecule has 2 heterocycles. The topological polar surface area (TPSA) is 68.2 Å². The number of aryl methyl sites for hydroxylation is 1. The highest BCUT2D eigenvalue weighted by atomic mass is 16.5. The molecule has 1 aromatic heterocycles. The van der Waals surface area contributed by atoms with Crippen molar-refractivity contribution in [2.45, 2.75) is 32.0 Å². The number of ether oxygens (including phenoxy) is 1. The molecule has 2 atom stereocenters. The number of rotatable bonds is 5. The Kier molecular flexibility index (Phi) is 4.33. The van der Waals surface area contributed by atoms with E-state index < -0.39 is 0 Å². The third-order valence-electron chi connectivity index (χ3n) is 3.14. The maximum Gasteiger partial charge on any atom is 0.237 e. The molecule has 0 saturated carbocycles. The lowest BCUT2D eigenvalue weighted by molar-refractivity contribution is -0.123. The molecule has 6 heteroatoms. The molecule has 1 aliphatic heterocycles. The van der Waals surface area contributed by atoms with Crippen LogP contribution >= 0.6 is 0 Å². The first kappa shape index (κ1) is 13.0. The monoisotopic (exact) mass is 252 g/mol. The highest BCUT2D eigenvalue weighted by Gasteiger charge is 2.28. The number of aromatic nitrogens is 2. The fourth-order valence-electron chi connectivity index (χ4n) is 2.09. The number of amides is 1. The van der Waals surface area contributed by atoms with Gasteiger partial charge < -0.3 is 15.4 Å². The summed E-state index contributed by atoms with van der Waals surface area (Å²) in [6, 6.07) is -0.130.